The van der Waals surface area contributed by atoms with Crippen LogP contribution in [-0.4, -0.2) is 75.1 Å². The summed E-state index contributed by atoms with van der Waals surface area (Å²) in [5.41, 5.74) is 2.14. The number of rotatable bonds is 10. The number of amides is 3. The van der Waals surface area contributed by atoms with Crippen molar-refractivity contribution < 1.29 is 28.2 Å². The van der Waals surface area contributed by atoms with Crippen molar-refractivity contribution in [2.45, 2.75) is 19.4 Å². The van der Waals surface area contributed by atoms with Crippen molar-refractivity contribution in [2.24, 2.45) is 5.10 Å². The van der Waals surface area contributed by atoms with E-state index in [0.717, 1.165) is 5.56 Å². The van der Waals surface area contributed by atoms with Gasteiger partial charge in [-0.15, -0.1) is 0 Å². The zero-order valence-electron chi connectivity index (χ0n) is 20.4. The summed E-state index contributed by atoms with van der Waals surface area (Å²) in [6.07, 6.45) is 0.409. The minimum atomic E-state index is -0.444. The summed E-state index contributed by atoms with van der Waals surface area (Å²) in [6, 6.07) is 10.6. The van der Waals surface area contributed by atoms with Crippen molar-refractivity contribution in [3.63, 3.8) is 0 Å². The van der Waals surface area contributed by atoms with Gasteiger partial charge >= 0.3 is 6.03 Å². The molecule has 1 heterocycles. The minimum absolute atomic E-state index is 0.181. The van der Waals surface area contributed by atoms with Crippen LogP contribution < -0.4 is 14.8 Å². The van der Waals surface area contributed by atoms with Gasteiger partial charge in [0.15, 0.2) is 11.5 Å². The maximum atomic E-state index is 13.5. The zero-order valence-corrected chi connectivity index (χ0v) is 20.4. The molecule has 1 aliphatic heterocycles. The lowest BCUT2D eigenvalue weighted by molar-refractivity contribution is -0.133. The third kappa shape index (κ3) is 6.27. The van der Waals surface area contributed by atoms with E-state index in [1.165, 1.54) is 29.2 Å². The van der Waals surface area contributed by atoms with Crippen molar-refractivity contribution in [1.82, 2.24) is 15.2 Å². The second-order valence-corrected chi connectivity index (χ2v) is 7.88. The molecule has 0 unspecified atom stereocenters. The number of hydrogen-bond acceptors (Lipinski definition) is 6. The van der Waals surface area contributed by atoms with Gasteiger partial charge in [-0.1, -0.05) is 18.2 Å². The van der Waals surface area contributed by atoms with Crippen LogP contribution in [0, 0.1) is 5.82 Å². The molecule has 0 saturated carbocycles. The van der Waals surface area contributed by atoms with Crippen molar-refractivity contribution in [3.05, 3.63) is 59.4 Å². The normalized spacial score (nSPS) is 14.9. The lowest BCUT2D eigenvalue weighted by Gasteiger charge is -2.27. The number of urea groups is 1. The van der Waals surface area contributed by atoms with Crippen LogP contribution in [0.5, 0.6) is 11.5 Å². The monoisotopic (exact) mass is 486 g/mol. The Kier molecular flexibility index (Phi) is 9.02. The van der Waals surface area contributed by atoms with Crippen LogP contribution in [0.4, 0.5) is 9.18 Å². The Bertz CT molecular complexity index is 1060. The number of nitrogens with one attached hydrogen (secondary N) is 1. The van der Waals surface area contributed by atoms with Crippen LogP contribution >= 0.6 is 0 Å². The van der Waals surface area contributed by atoms with Gasteiger partial charge in [0.1, 0.15) is 12.4 Å². The fourth-order valence-electron chi connectivity index (χ4n) is 3.83. The molecule has 1 atom stereocenters. The van der Waals surface area contributed by atoms with Gasteiger partial charge in [0.25, 0.3) is 5.91 Å². The van der Waals surface area contributed by atoms with E-state index in [2.05, 4.69) is 10.4 Å². The molecule has 2 aromatic carbocycles. The van der Waals surface area contributed by atoms with Crippen LogP contribution in [0.2, 0.25) is 0 Å². The first-order valence-electron chi connectivity index (χ1n) is 11.3. The molecule has 0 aromatic heterocycles. The molecule has 0 aliphatic carbocycles. The summed E-state index contributed by atoms with van der Waals surface area (Å²) in [4.78, 5) is 27.4. The summed E-state index contributed by atoms with van der Waals surface area (Å²) in [7, 11) is 4.62. The van der Waals surface area contributed by atoms with Crippen LogP contribution in [0.3, 0.4) is 0 Å². The summed E-state index contributed by atoms with van der Waals surface area (Å²) >= 11 is 0. The molecule has 35 heavy (non-hydrogen) atoms. The van der Waals surface area contributed by atoms with Crippen LogP contribution in [0.15, 0.2) is 47.6 Å². The molecule has 188 valence electrons. The Morgan fingerprint density at radius 1 is 1.11 bits per heavy atom. The highest BCUT2D eigenvalue weighted by atomic mass is 19.1. The topological polar surface area (TPSA) is 92.7 Å². The summed E-state index contributed by atoms with van der Waals surface area (Å²) in [6.45, 7) is 2.59. The molecule has 9 nitrogen and oxygen atoms in total. The van der Waals surface area contributed by atoms with Crippen LogP contribution in [0.1, 0.15) is 30.5 Å². The molecule has 3 rings (SSSR count). The fraction of sp³-hybridized carbons (Fsp3) is 0.400. The summed E-state index contributed by atoms with van der Waals surface area (Å²) in [5, 5.41) is 8.71. The highest BCUT2D eigenvalue weighted by Gasteiger charge is 2.35. The Labute approximate surface area is 204 Å². The number of halogens is 1. The smallest absolute Gasteiger partial charge is 0.317 e. The fourth-order valence-corrected chi connectivity index (χ4v) is 3.83. The Hall–Kier alpha value is -3.66. The van der Waals surface area contributed by atoms with Gasteiger partial charge in [-0.3, -0.25) is 4.79 Å². The van der Waals surface area contributed by atoms with E-state index in [1.54, 1.807) is 45.4 Å². The number of hydrazone groups is 1. The first-order chi connectivity index (χ1) is 16.9. The molecule has 1 N–H and O–H groups in total. The lowest BCUT2D eigenvalue weighted by atomic mass is 9.98. The molecular formula is C25H31FN4O5. The van der Waals surface area contributed by atoms with Crippen molar-refractivity contribution >= 4 is 17.6 Å². The molecule has 2 aromatic rings. The maximum Gasteiger partial charge on any atom is 0.317 e. The summed E-state index contributed by atoms with van der Waals surface area (Å²) < 4.78 is 29.4. The highest BCUT2D eigenvalue weighted by Crippen LogP contribution is 2.37. The molecule has 0 saturated heterocycles. The second kappa shape index (κ2) is 12.2. The van der Waals surface area contributed by atoms with Gasteiger partial charge in [-0.2, -0.15) is 5.10 Å². The predicted molar refractivity (Wildman–Crippen MR) is 129 cm³/mol. The van der Waals surface area contributed by atoms with E-state index in [1.807, 2.05) is 6.07 Å². The van der Waals surface area contributed by atoms with E-state index in [4.69, 9.17) is 14.2 Å². The van der Waals surface area contributed by atoms with E-state index in [0.29, 0.717) is 35.7 Å². The third-order valence-corrected chi connectivity index (χ3v) is 5.64. The number of carbonyl (C=O) groups is 2. The predicted octanol–water partition coefficient (Wildman–Crippen LogP) is 3.20. The maximum absolute atomic E-state index is 13.5. The van der Waals surface area contributed by atoms with Gasteiger partial charge in [0.05, 0.1) is 32.6 Å². The van der Waals surface area contributed by atoms with Gasteiger partial charge in [-0.25, -0.2) is 14.2 Å². The number of carbonyl (C=O) groups excluding carboxylic acids is 2. The van der Waals surface area contributed by atoms with E-state index in [9.17, 15) is 14.0 Å². The zero-order chi connectivity index (χ0) is 25.4. The molecule has 0 spiro atoms. The minimum Gasteiger partial charge on any atom is -0.493 e. The van der Waals surface area contributed by atoms with Gasteiger partial charge in [-0.05, 0) is 42.3 Å². The first kappa shape index (κ1) is 26.0. The average Bonchev–Trinajstić information content (AvgIpc) is 3.32. The molecule has 0 fully saturated rings. The van der Waals surface area contributed by atoms with Crippen LogP contribution in [-0.2, 0) is 9.53 Å². The van der Waals surface area contributed by atoms with Crippen molar-refractivity contribution in [3.8, 4) is 11.5 Å². The van der Waals surface area contributed by atoms with E-state index < -0.39 is 6.04 Å². The molecule has 10 heteroatoms. The number of hydrogen-bond donors (Lipinski definition) is 1. The first-order valence-corrected chi connectivity index (χ1v) is 11.3. The largest absolute Gasteiger partial charge is 0.493 e. The molecule has 0 radical (unpaired) electrons. The Balaban J connectivity index is 1.94. The molecule has 1 aliphatic rings. The Morgan fingerprint density at radius 3 is 2.46 bits per heavy atom. The van der Waals surface area contributed by atoms with E-state index in [-0.39, 0.29) is 37.5 Å². The standard InChI is InChI=1S/C25H31FN4O5/c1-5-27-25(32)29(12-13-33-2)16-24(31)30-21(18-8-11-22(34-3)23(14-18)35-4)15-20(28-30)17-6-9-19(26)10-7-17/h6-11,14,21H,5,12-13,15-16H2,1-4H3,(H,27,32)/t21-/m1/s1. The number of benzene rings is 2. The third-order valence-electron chi connectivity index (χ3n) is 5.64. The Morgan fingerprint density at radius 2 is 1.83 bits per heavy atom. The lowest BCUT2D eigenvalue weighted by Crippen LogP contribution is -2.47. The van der Waals surface area contributed by atoms with Crippen molar-refractivity contribution in [2.75, 3.05) is 47.6 Å². The molecule has 3 amide bonds. The highest BCUT2D eigenvalue weighted by molar-refractivity contribution is 6.03. The molecule has 0 bridgehead atoms. The second-order valence-electron chi connectivity index (χ2n) is 7.88. The van der Waals surface area contributed by atoms with Gasteiger partial charge in [0, 0.05) is 26.6 Å². The van der Waals surface area contributed by atoms with Gasteiger partial charge < -0.3 is 24.4 Å². The van der Waals surface area contributed by atoms with E-state index >= 15 is 0 Å². The quantitative estimate of drug-likeness (QED) is 0.557. The number of nitrogens with zero attached hydrogens (tertiary/aromatic N) is 3. The average molecular weight is 487 g/mol. The van der Waals surface area contributed by atoms with Crippen LogP contribution in [0.25, 0.3) is 0 Å². The number of ether oxygens (including phenoxy) is 3. The number of methoxy groups -OCH3 is 3. The molecular weight excluding hydrogens is 455 g/mol. The summed E-state index contributed by atoms with van der Waals surface area (Å²) in [5.74, 6) is 0.377. The SMILES string of the molecule is CCNC(=O)N(CCOC)CC(=O)N1N=C(c2ccc(F)cc2)C[C@@H]1c1ccc(OC)c(OC)c1. The van der Waals surface area contributed by atoms with Crippen molar-refractivity contribution in [1.29, 1.82) is 0 Å². The van der Waals surface area contributed by atoms with Gasteiger partial charge in [0.2, 0.25) is 0 Å².